The van der Waals surface area contributed by atoms with Gasteiger partial charge in [-0.25, -0.2) is 0 Å². The van der Waals surface area contributed by atoms with Crippen LogP contribution in [0.2, 0.25) is 0 Å². The highest BCUT2D eigenvalue weighted by Crippen LogP contribution is 2.35. The SMILES string of the molecule is CCCC1(C(=O)O)CCCN(CC2CN(CC)CCO2)C1. The molecular formula is C16H30N2O3. The van der Waals surface area contributed by atoms with Crippen LogP contribution in [-0.2, 0) is 9.53 Å². The minimum absolute atomic E-state index is 0.227. The van der Waals surface area contributed by atoms with Gasteiger partial charge in [0.25, 0.3) is 0 Å². The second-order valence-electron chi connectivity index (χ2n) is 6.56. The van der Waals surface area contributed by atoms with Gasteiger partial charge in [-0.05, 0) is 32.4 Å². The smallest absolute Gasteiger partial charge is 0.310 e. The normalized spacial score (nSPS) is 32.2. The molecule has 0 saturated carbocycles. The summed E-state index contributed by atoms with van der Waals surface area (Å²) in [4.78, 5) is 16.5. The van der Waals surface area contributed by atoms with E-state index in [0.717, 1.165) is 65.0 Å². The molecule has 0 aliphatic carbocycles. The Morgan fingerprint density at radius 1 is 1.33 bits per heavy atom. The monoisotopic (exact) mass is 298 g/mol. The maximum atomic E-state index is 11.7. The highest BCUT2D eigenvalue weighted by Gasteiger charge is 2.42. The maximum Gasteiger partial charge on any atom is 0.310 e. The van der Waals surface area contributed by atoms with Crippen LogP contribution < -0.4 is 0 Å². The van der Waals surface area contributed by atoms with Crippen LogP contribution in [0, 0.1) is 5.41 Å². The van der Waals surface area contributed by atoms with Crippen molar-refractivity contribution in [2.75, 3.05) is 45.9 Å². The summed E-state index contributed by atoms with van der Waals surface area (Å²) in [5, 5.41) is 9.66. The third-order valence-corrected chi connectivity index (χ3v) is 4.97. The largest absolute Gasteiger partial charge is 0.481 e. The van der Waals surface area contributed by atoms with Crippen molar-refractivity contribution in [2.24, 2.45) is 5.41 Å². The fourth-order valence-electron chi connectivity index (χ4n) is 3.81. The lowest BCUT2D eigenvalue weighted by molar-refractivity contribution is -0.154. The first-order chi connectivity index (χ1) is 10.1. The highest BCUT2D eigenvalue weighted by atomic mass is 16.5. The van der Waals surface area contributed by atoms with Crippen LogP contribution >= 0.6 is 0 Å². The molecule has 0 aromatic rings. The Bertz CT molecular complexity index is 346. The van der Waals surface area contributed by atoms with Crippen LogP contribution in [0.5, 0.6) is 0 Å². The van der Waals surface area contributed by atoms with Crippen LogP contribution in [0.1, 0.15) is 39.5 Å². The molecule has 2 heterocycles. The summed E-state index contributed by atoms with van der Waals surface area (Å²) in [7, 11) is 0. The molecule has 0 radical (unpaired) electrons. The summed E-state index contributed by atoms with van der Waals surface area (Å²) in [6.45, 7) is 10.7. The van der Waals surface area contributed by atoms with E-state index < -0.39 is 11.4 Å². The zero-order valence-corrected chi connectivity index (χ0v) is 13.5. The molecule has 0 aromatic carbocycles. The average Bonchev–Trinajstić information content (AvgIpc) is 2.48. The Hall–Kier alpha value is -0.650. The summed E-state index contributed by atoms with van der Waals surface area (Å²) in [5.41, 5.74) is -0.536. The number of likely N-dealkylation sites (tertiary alicyclic amines) is 1. The van der Waals surface area contributed by atoms with Gasteiger partial charge in [-0.15, -0.1) is 0 Å². The third kappa shape index (κ3) is 4.18. The standard InChI is InChI=1S/C16H30N2O3/c1-3-6-16(15(19)20)7-5-8-18(13-16)12-14-11-17(4-2)9-10-21-14/h14H,3-13H2,1-2H3,(H,19,20). The number of aliphatic carboxylic acids is 1. The number of hydrogen-bond donors (Lipinski definition) is 1. The van der Waals surface area contributed by atoms with Gasteiger partial charge in [-0.2, -0.15) is 0 Å². The number of carboxylic acid groups (broad SMARTS) is 1. The average molecular weight is 298 g/mol. The fourth-order valence-corrected chi connectivity index (χ4v) is 3.81. The van der Waals surface area contributed by atoms with Crippen molar-refractivity contribution in [2.45, 2.75) is 45.6 Å². The molecule has 21 heavy (non-hydrogen) atoms. The van der Waals surface area contributed by atoms with Crippen molar-refractivity contribution in [3.05, 3.63) is 0 Å². The lowest BCUT2D eigenvalue weighted by Gasteiger charge is -2.42. The van der Waals surface area contributed by atoms with E-state index in [1.54, 1.807) is 0 Å². The molecule has 122 valence electrons. The predicted molar refractivity (Wildman–Crippen MR) is 82.5 cm³/mol. The van der Waals surface area contributed by atoms with Crippen LogP contribution in [0.3, 0.4) is 0 Å². The molecule has 0 aromatic heterocycles. The quantitative estimate of drug-likeness (QED) is 0.808. The van der Waals surface area contributed by atoms with E-state index in [2.05, 4.69) is 23.6 Å². The summed E-state index contributed by atoms with van der Waals surface area (Å²) in [6.07, 6.45) is 3.75. The first-order valence-corrected chi connectivity index (χ1v) is 8.39. The second kappa shape index (κ2) is 7.56. The lowest BCUT2D eigenvalue weighted by Crippen LogP contribution is -2.53. The number of likely N-dealkylation sites (N-methyl/N-ethyl adjacent to an activating group) is 1. The maximum absolute atomic E-state index is 11.7. The zero-order chi connectivity index (χ0) is 15.3. The Balaban J connectivity index is 1.92. The summed E-state index contributed by atoms with van der Waals surface area (Å²) in [6, 6.07) is 0. The number of piperidine rings is 1. The van der Waals surface area contributed by atoms with Gasteiger partial charge in [0.2, 0.25) is 0 Å². The molecule has 2 fully saturated rings. The summed E-state index contributed by atoms with van der Waals surface area (Å²) >= 11 is 0. The van der Waals surface area contributed by atoms with Crippen molar-refractivity contribution < 1.29 is 14.6 Å². The van der Waals surface area contributed by atoms with Crippen molar-refractivity contribution in [3.8, 4) is 0 Å². The van der Waals surface area contributed by atoms with Crippen LogP contribution in [-0.4, -0.2) is 72.9 Å². The van der Waals surface area contributed by atoms with Crippen molar-refractivity contribution >= 4 is 5.97 Å². The Kier molecular flexibility index (Phi) is 6.02. The first-order valence-electron chi connectivity index (χ1n) is 8.39. The number of hydrogen-bond acceptors (Lipinski definition) is 4. The Morgan fingerprint density at radius 3 is 2.81 bits per heavy atom. The first kappa shape index (κ1) is 16.7. The molecule has 2 aliphatic rings. The molecule has 5 heteroatoms. The van der Waals surface area contributed by atoms with Gasteiger partial charge in [-0.3, -0.25) is 14.6 Å². The fraction of sp³-hybridized carbons (Fsp3) is 0.938. The van der Waals surface area contributed by atoms with Gasteiger partial charge in [0.05, 0.1) is 18.1 Å². The van der Waals surface area contributed by atoms with Gasteiger partial charge in [0.1, 0.15) is 0 Å². The number of nitrogens with zero attached hydrogens (tertiary/aromatic N) is 2. The van der Waals surface area contributed by atoms with Crippen molar-refractivity contribution in [1.29, 1.82) is 0 Å². The molecule has 5 nitrogen and oxygen atoms in total. The summed E-state index contributed by atoms with van der Waals surface area (Å²) in [5.74, 6) is -0.617. The van der Waals surface area contributed by atoms with Gasteiger partial charge >= 0.3 is 5.97 Å². The third-order valence-electron chi connectivity index (χ3n) is 4.97. The lowest BCUT2D eigenvalue weighted by atomic mass is 9.76. The van der Waals surface area contributed by atoms with E-state index in [4.69, 9.17) is 4.74 Å². The van der Waals surface area contributed by atoms with Gasteiger partial charge < -0.3 is 9.84 Å². The number of rotatable bonds is 6. The number of morpholine rings is 1. The molecule has 2 atom stereocenters. The molecule has 0 bridgehead atoms. The minimum atomic E-state index is -0.617. The van der Waals surface area contributed by atoms with Crippen molar-refractivity contribution in [3.63, 3.8) is 0 Å². The summed E-state index contributed by atoms with van der Waals surface area (Å²) < 4.78 is 5.87. The van der Waals surface area contributed by atoms with E-state index in [9.17, 15) is 9.90 Å². The van der Waals surface area contributed by atoms with Gasteiger partial charge in [0, 0.05) is 26.2 Å². The molecule has 0 spiro atoms. The van der Waals surface area contributed by atoms with Crippen LogP contribution in [0.15, 0.2) is 0 Å². The molecule has 2 rings (SSSR count). The molecule has 2 unspecified atom stereocenters. The Morgan fingerprint density at radius 2 is 2.14 bits per heavy atom. The number of carboxylic acids is 1. The number of ether oxygens (including phenoxy) is 1. The van der Waals surface area contributed by atoms with E-state index in [0.29, 0.717) is 6.54 Å². The number of carbonyl (C=O) groups is 1. The molecule has 1 N–H and O–H groups in total. The van der Waals surface area contributed by atoms with E-state index >= 15 is 0 Å². The van der Waals surface area contributed by atoms with E-state index in [1.165, 1.54) is 0 Å². The van der Waals surface area contributed by atoms with Gasteiger partial charge in [0.15, 0.2) is 0 Å². The van der Waals surface area contributed by atoms with Crippen LogP contribution in [0.4, 0.5) is 0 Å². The molecule has 0 amide bonds. The molecule has 2 aliphatic heterocycles. The predicted octanol–water partition coefficient (Wildman–Crippen LogP) is 1.67. The van der Waals surface area contributed by atoms with Crippen molar-refractivity contribution in [1.82, 2.24) is 9.80 Å². The van der Waals surface area contributed by atoms with E-state index in [1.807, 2.05) is 0 Å². The topological polar surface area (TPSA) is 53.0 Å². The van der Waals surface area contributed by atoms with Crippen LogP contribution in [0.25, 0.3) is 0 Å². The van der Waals surface area contributed by atoms with E-state index in [-0.39, 0.29) is 6.10 Å². The second-order valence-corrected chi connectivity index (χ2v) is 6.56. The Labute approximate surface area is 128 Å². The zero-order valence-electron chi connectivity index (χ0n) is 13.5. The molecule has 2 saturated heterocycles. The molecular weight excluding hydrogens is 268 g/mol. The van der Waals surface area contributed by atoms with Gasteiger partial charge in [-0.1, -0.05) is 20.3 Å². The highest BCUT2D eigenvalue weighted by molar-refractivity contribution is 5.75. The minimum Gasteiger partial charge on any atom is -0.481 e.